The Kier molecular flexibility index (Phi) is 6.73. The summed E-state index contributed by atoms with van der Waals surface area (Å²) in [6.45, 7) is 2.02. The number of carbonyl (C=O) groups is 1. The van der Waals surface area contributed by atoms with Gasteiger partial charge in [0.25, 0.3) is 5.91 Å². The van der Waals surface area contributed by atoms with Gasteiger partial charge in [0, 0.05) is 10.0 Å². The molecule has 0 aliphatic heterocycles. The monoisotopic (exact) mass is 384 g/mol. The summed E-state index contributed by atoms with van der Waals surface area (Å²) in [6.07, 6.45) is 6.35. The van der Waals surface area contributed by atoms with Gasteiger partial charge in [-0.15, -0.1) is 0 Å². The molecule has 0 radical (unpaired) electrons. The van der Waals surface area contributed by atoms with Crippen LogP contribution in [0.15, 0.2) is 52.7 Å². The summed E-state index contributed by atoms with van der Waals surface area (Å²) in [4.78, 5) is 12.0. The van der Waals surface area contributed by atoms with Gasteiger partial charge < -0.3 is 5.32 Å². The molecule has 19 heavy (non-hydrogen) atoms. The fourth-order valence-corrected chi connectivity index (χ4v) is 1.76. The van der Waals surface area contributed by atoms with E-state index in [1.54, 1.807) is 30.3 Å². The Hall–Kier alpha value is -1.20. The molecule has 2 N–H and O–H groups in total. The van der Waals surface area contributed by atoms with Crippen molar-refractivity contribution >= 4 is 42.4 Å². The van der Waals surface area contributed by atoms with E-state index in [-0.39, 0.29) is 10.5 Å². The molecule has 0 saturated carbocycles. The third-order valence-electron chi connectivity index (χ3n) is 2.23. The zero-order valence-corrected chi connectivity index (χ0v) is 13.6. The molecule has 100 valence electrons. The highest BCUT2D eigenvalue weighted by Crippen LogP contribution is 2.11. The number of nitrogens with one attached hydrogen (secondary N) is 2. The smallest absolute Gasteiger partial charge is 0.255 e. The molecule has 0 aliphatic carbocycles. The quantitative estimate of drug-likeness (QED) is 0.572. The second-order valence-electron chi connectivity index (χ2n) is 3.69. The van der Waals surface area contributed by atoms with Crippen LogP contribution in [0.25, 0.3) is 0 Å². The lowest BCUT2D eigenvalue weighted by Crippen LogP contribution is -2.25. The third kappa shape index (κ3) is 5.53. The van der Waals surface area contributed by atoms with Crippen molar-refractivity contribution < 1.29 is 4.79 Å². The fraction of sp³-hybridized carbons (Fsp3) is 0.143. The van der Waals surface area contributed by atoms with E-state index in [1.807, 2.05) is 19.1 Å². The molecule has 1 aromatic rings. The Bertz CT molecular complexity index is 519. The Morgan fingerprint density at radius 1 is 1.37 bits per heavy atom. The number of benzene rings is 1. The Balaban J connectivity index is 2.82. The molecule has 1 amide bonds. The summed E-state index contributed by atoms with van der Waals surface area (Å²) in [6, 6.07) is 7.04. The van der Waals surface area contributed by atoms with Gasteiger partial charge in [-0.1, -0.05) is 35.0 Å². The molecule has 0 unspecified atom stereocenters. The first kappa shape index (κ1) is 15.9. The lowest BCUT2D eigenvalue weighted by Gasteiger charge is -2.07. The minimum atomic E-state index is -0.243. The van der Waals surface area contributed by atoms with Crippen molar-refractivity contribution in [3.05, 3.63) is 58.2 Å². The standard InChI is InChI=1S/C14H14Br2N2O/c1-2-3-4-5-12(13(16)17)18-14(19)10-6-8-11(15)9-7-10/h3-9,17H,2H2,1H3,(H,18,19)/b4-3-,12-5+,17-13?. The van der Waals surface area contributed by atoms with E-state index < -0.39 is 0 Å². The first-order chi connectivity index (χ1) is 9.04. The molecule has 5 heteroatoms. The molecule has 0 saturated heterocycles. The largest absolute Gasteiger partial charge is 0.320 e. The molecule has 0 fully saturated rings. The van der Waals surface area contributed by atoms with Gasteiger partial charge in [0.05, 0.1) is 5.70 Å². The van der Waals surface area contributed by atoms with Crippen molar-refractivity contribution in [1.82, 2.24) is 5.32 Å². The second-order valence-corrected chi connectivity index (χ2v) is 5.40. The fourth-order valence-electron chi connectivity index (χ4n) is 1.27. The number of rotatable bonds is 5. The maximum absolute atomic E-state index is 12.0. The first-order valence-electron chi connectivity index (χ1n) is 5.72. The van der Waals surface area contributed by atoms with Gasteiger partial charge in [-0.25, -0.2) is 0 Å². The molecule has 0 atom stereocenters. The summed E-state index contributed by atoms with van der Waals surface area (Å²) in [5.74, 6) is -0.243. The molecule has 0 bridgehead atoms. The van der Waals surface area contributed by atoms with Gasteiger partial charge in [-0.3, -0.25) is 10.2 Å². The van der Waals surface area contributed by atoms with Gasteiger partial charge in [0.15, 0.2) is 0 Å². The number of amides is 1. The third-order valence-corrected chi connectivity index (χ3v) is 3.18. The molecule has 0 spiro atoms. The molecule has 0 aliphatic rings. The molecule has 1 aromatic carbocycles. The number of allylic oxidation sites excluding steroid dienone is 4. The molecule has 1 rings (SSSR count). The van der Waals surface area contributed by atoms with E-state index in [0.717, 1.165) is 10.9 Å². The number of carbonyl (C=O) groups excluding carboxylic acids is 1. The molecular formula is C14H14Br2N2O. The lowest BCUT2D eigenvalue weighted by molar-refractivity contribution is 0.0968. The first-order valence-corrected chi connectivity index (χ1v) is 7.31. The Morgan fingerprint density at radius 3 is 2.53 bits per heavy atom. The summed E-state index contributed by atoms with van der Waals surface area (Å²) in [5.41, 5.74) is 0.972. The SMILES string of the molecule is CC/C=C\C=C(\NC(=O)c1ccc(Br)cc1)C(=N)Br. The zero-order valence-electron chi connectivity index (χ0n) is 10.4. The predicted molar refractivity (Wildman–Crippen MR) is 85.8 cm³/mol. The summed E-state index contributed by atoms with van der Waals surface area (Å²) < 4.78 is 1.05. The number of halogens is 2. The van der Waals surface area contributed by atoms with E-state index in [1.165, 1.54) is 0 Å². The van der Waals surface area contributed by atoms with Gasteiger partial charge in [-0.2, -0.15) is 0 Å². The summed E-state index contributed by atoms with van der Waals surface area (Å²) in [5, 5.41) is 10.3. The summed E-state index contributed by atoms with van der Waals surface area (Å²) >= 11 is 6.38. The molecular weight excluding hydrogens is 372 g/mol. The normalized spacial score (nSPS) is 11.6. The van der Waals surface area contributed by atoms with Crippen LogP contribution < -0.4 is 5.32 Å². The molecule has 0 aromatic heterocycles. The average Bonchev–Trinajstić information content (AvgIpc) is 2.38. The van der Waals surface area contributed by atoms with Crippen LogP contribution in [0.2, 0.25) is 0 Å². The predicted octanol–water partition coefficient (Wildman–Crippen LogP) is 4.40. The van der Waals surface area contributed by atoms with Crippen LogP contribution in [0.5, 0.6) is 0 Å². The van der Waals surface area contributed by atoms with Gasteiger partial charge >= 0.3 is 0 Å². The molecule has 0 heterocycles. The van der Waals surface area contributed by atoms with Crippen molar-refractivity contribution in [3.63, 3.8) is 0 Å². The maximum Gasteiger partial charge on any atom is 0.255 e. The minimum absolute atomic E-state index is 0.138. The van der Waals surface area contributed by atoms with Crippen LogP contribution in [0.1, 0.15) is 23.7 Å². The van der Waals surface area contributed by atoms with Crippen LogP contribution in [0.3, 0.4) is 0 Å². The Morgan fingerprint density at radius 2 is 2.00 bits per heavy atom. The van der Waals surface area contributed by atoms with Crippen LogP contribution >= 0.6 is 31.9 Å². The highest BCUT2D eigenvalue weighted by molar-refractivity contribution is 9.18. The summed E-state index contributed by atoms with van der Waals surface area (Å²) in [7, 11) is 0. The minimum Gasteiger partial charge on any atom is -0.320 e. The maximum atomic E-state index is 12.0. The number of hydrogen-bond donors (Lipinski definition) is 2. The van der Waals surface area contributed by atoms with Crippen molar-refractivity contribution in [1.29, 1.82) is 5.41 Å². The topological polar surface area (TPSA) is 53.0 Å². The van der Waals surface area contributed by atoms with Crippen molar-refractivity contribution in [2.75, 3.05) is 0 Å². The molecule has 3 nitrogen and oxygen atoms in total. The highest BCUT2D eigenvalue weighted by atomic mass is 79.9. The van der Waals surface area contributed by atoms with E-state index in [0.29, 0.717) is 11.3 Å². The van der Waals surface area contributed by atoms with Crippen LogP contribution in [-0.2, 0) is 0 Å². The van der Waals surface area contributed by atoms with Gasteiger partial charge in [-0.05, 0) is 52.7 Å². The zero-order chi connectivity index (χ0) is 14.3. The van der Waals surface area contributed by atoms with E-state index in [9.17, 15) is 4.79 Å². The van der Waals surface area contributed by atoms with Crippen LogP contribution in [0, 0.1) is 5.41 Å². The second kappa shape index (κ2) is 8.07. The van der Waals surface area contributed by atoms with E-state index in [2.05, 4.69) is 37.2 Å². The number of hydrogen-bond acceptors (Lipinski definition) is 2. The highest BCUT2D eigenvalue weighted by Gasteiger charge is 2.09. The average molecular weight is 386 g/mol. The van der Waals surface area contributed by atoms with Crippen molar-refractivity contribution in [2.45, 2.75) is 13.3 Å². The lowest BCUT2D eigenvalue weighted by atomic mass is 10.2. The van der Waals surface area contributed by atoms with E-state index >= 15 is 0 Å². The Labute approximate surface area is 129 Å². The van der Waals surface area contributed by atoms with Crippen molar-refractivity contribution in [3.8, 4) is 0 Å². The van der Waals surface area contributed by atoms with Crippen molar-refractivity contribution in [2.24, 2.45) is 0 Å². The van der Waals surface area contributed by atoms with E-state index in [4.69, 9.17) is 5.41 Å². The van der Waals surface area contributed by atoms with Crippen LogP contribution in [0.4, 0.5) is 0 Å². The van der Waals surface area contributed by atoms with Crippen LogP contribution in [-0.4, -0.2) is 10.5 Å². The van der Waals surface area contributed by atoms with Gasteiger partial charge in [0.1, 0.15) is 4.62 Å². The van der Waals surface area contributed by atoms with Gasteiger partial charge in [0.2, 0.25) is 0 Å².